The molecule has 3 atom stereocenters. The van der Waals surface area contributed by atoms with E-state index in [0.29, 0.717) is 28.9 Å². The molecular formula is C29H29F2N5O3S. The third-order valence-electron chi connectivity index (χ3n) is 6.90. The second-order valence-electron chi connectivity index (χ2n) is 9.57. The molecule has 5 rings (SSSR count). The Labute approximate surface area is 235 Å². The lowest BCUT2D eigenvalue weighted by molar-refractivity contribution is -0.144. The molecule has 2 aromatic carbocycles. The van der Waals surface area contributed by atoms with Crippen LogP contribution in [0.5, 0.6) is 5.75 Å². The highest BCUT2D eigenvalue weighted by atomic mass is 32.2. The predicted molar refractivity (Wildman–Crippen MR) is 150 cm³/mol. The molecule has 2 aliphatic rings. The number of amidine groups is 1. The number of rotatable bonds is 9. The van der Waals surface area contributed by atoms with E-state index in [0.717, 1.165) is 35.6 Å². The highest BCUT2D eigenvalue weighted by Crippen LogP contribution is 2.44. The van der Waals surface area contributed by atoms with E-state index in [-0.39, 0.29) is 30.1 Å². The van der Waals surface area contributed by atoms with E-state index in [2.05, 4.69) is 27.2 Å². The number of aliphatic imine (C=N–C) groups is 1. The Hall–Kier alpha value is -3.86. The van der Waals surface area contributed by atoms with Gasteiger partial charge >= 0.3 is 5.97 Å². The van der Waals surface area contributed by atoms with Gasteiger partial charge in [-0.05, 0) is 42.3 Å². The van der Waals surface area contributed by atoms with Gasteiger partial charge in [0.1, 0.15) is 18.2 Å². The van der Waals surface area contributed by atoms with Gasteiger partial charge in [-0.15, -0.1) is 11.8 Å². The Morgan fingerprint density at radius 3 is 2.85 bits per heavy atom. The average molecular weight is 566 g/mol. The van der Waals surface area contributed by atoms with Crippen LogP contribution in [0.2, 0.25) is 0 Å². The van der Waals surface area contributed by atoms with Gasteiger partial charge in [-0.1, -0.05) is 24.3 Å². The SMILES string of the molecule is CCOC(=O)C(CSC1c2cc(OCc3ccc4cc(F)c(F)cc4n3)ccc2CN=C2C1C=CCN2C)N=N. The van der Waals surface area contributed by atoms with E-state index in [1.807, 2.05) is 25.2 Å². The molecule has 0 bridgehead atoms. The van der Waals surface area contributed by atoms with Crippen LogP contribution in [0, 0.1) is 23.1 Å². The smallest absolute Gasteiger partial charge is 0.333 e. The molecule has 11 heteroatoms. The third kappa shape index (κ3) is 5.84. The minimum Gasteiger partial charge on any atom is -0.487 e. The van der Waals surface area contributed by atoms with Crippen LogP contribution in [0.15, 0.2) is 64.7 Å². The van der Waals surface area contributed by atoms with Crippen molar-refractivity contribution in [3.63, 3.8) is 0 Å². The van der Waals surface area contributed by atoms with Crippen LogP contribution in [0.25, 0.3) is 10.9 Å². The number of hydrogen-bond donors (Lipinski definition) is 1. The van der Waals surface area contributed by atoms with Crippen molar-refractivity contribution in [2.45, 2.75) is 31.4 Å². The molecule has 0 saturated carbocycles. The molecule has 0 amide bonds. The van der Waals surface area contributed by atoms with E-state index < -0.39 is 23.6 Å². The van der Waals surface area contributed by atoms with Crippen LogP contribution in [-0.2, 0) is 22.7 Å². The molecule has 208 valence electrons. The average Bonchev–Trinajstić information content (AvgIpc) is 3.10. The van der Waals surface area contributed by atoms with E-state index in [9.17, 15) is 13.6 Å². The Morgan fingerprint density at radius 1 is 1.23 bits per heavy atom. The number of carbonyl (C=O) groups is 1. The summed E-state index contributed by atoms with van der Waals surface area (Å²) in [4.78, 5) is 23.8. The summed E-state index contributed by atoms with van der Waals surface area (Å²) in [5, 5.41) is 3.93. The number of esters is 1. The lowest BCUT2D eigenvalue weighted by Gasteiger charge is -2.33. The van der Waals surface area contributed by atoms with Gasteiger partial charge in [0, 0.05) is 36.0 Å². The van der Waals surface area contributed by atoms with Crippen LogP contribution in [0.3, 0.4) is 0 Å². The van der Waals surface area contributed by atoms with E-state index in [1.165, 1.54) is 0 Å². The van der Waals surface area contributed by atoms with Crippen molar-refractivity contribution in [2.24, 2.45) is 16.0 Å². The minimum absolute atomic E-state index is 0.0359. The van der Waals surface area contributed by atoms with Crippen molar-refractivity contribution in [1.82, 2.24) is 9.88 Å². The zero-order chi connectivity index (χ0) is 28.2. The summed E-state index contributed by atoms with van der Waals surface area (Å²) in [5.41, 5.74) is 10.5. The maximum absolute atomic E-state index is 13.7. The zero-order valence-electron chi connectivity index (χ0n) is 22.1. The minimum atomic E-state index is -0.945. The second-order valence-corrected chi connectivity index (χ2v) is 10.7. The van der Waals surface area contributed by atoms with Crippen molar-refractivity contribution in [2.75, 3.05) is 26.0 Å². The molecule has 1 N–H and O–H groups in total. The largest absolute Gasteiger partial charge is 0.487 e. The summed E-state index contributed by atoms with van der Waals surface area (Å²) < 4.78 is 38.5. The summed E-state index contributed by atoms with van der Waals surface area (Å²) in [6, 6.07) is 10.6. The fourth-order valence-corrected chi connectivity index (χ4v) is 6.29. The topological polar surface area (TPSA) is 100 Å². The number of ether oxygens (including phenoxy) is 2. The molecule has 0 saturated heterocycles. The summed E-state index contributed by atoms with van der Waals surface area (Å²) >= 11 is 1.55. The number of aromatic nitrogens is 1. The Morgan fingerprint density at radius 2 is 2.05 bits per heavy atom. The van der Waals surface area contributed by atoms with Crippen molar-refractivity contribution >= 4 is 34.5 Å². The molecule has 0 fully saturated rings. The Balaban J connectivity index is 1.40. The van der Waals surface area contributed by atoms with E-state index in [1.54, 1.807) is 30.8 Å². The molecule has 1 aromatic heterocycles. The van der Waals surface area contributed by atoms with Gasteiger partial charge in [0.25, 0.3) is 0 Å². The number of pyridine rings is 1. The van der Waals surface area contributed by atoms with Gasteiger partial charge in [-0.25, -0.2) is 24.1 Å². The fourth-order valence-electron chi connectivity index (χ4n) is 4.88. The van der Waals surface area contributed by atoms with E-state index in [4.69, 9.17) is 20.0 Å². The highest BCUT2D eigenvalue weighted by Gasteiger charge is 2.35. The van der Waals surface area contributed by atoms with Gasteiger partial charge in [-0.2, -0.15) is 5.11 Å². The Bertz CT molecular complexity index is 1500. The van der Waals surface area contributed by atoms with E-state index >= 15 is 0 Å². The molecule has 0 spiro atoms. The van der Waals surface area contributed by atoms with Gasteiger partial charge in [-0.3, -0.25) is 4.99 Å². The third-order valence-corrected chi connectivity index (χ3v) is 8.31. The molecule has 8 nitrogen and oxygen atoms in total. The van der Waals surface area contributed by atoms with Crippen molar-refractivity contribution in [1.29, 1.82) is 5.53 Å². The molecule has 40 heavy (non-hydrogen) atoms. The quantitative estimate of drug-likeness (QED) is 0.198. The first-order chi connectivity index (χ1) is 19.4. The lowest BCUT2D eigenvalue weighted by Crippen LogP contribution is -2.37. The van der Waals surface area contributed by atoms with Crippen molar-refractivity contribution < 1.29 is 23.0 Å². The molecular weight excluding hydrogens is 536 g/mol. The number of hydrogen-bond acceptors (Lipinski definition) is 9. The number of thioether (sulfide) groups is 1. The molecule has 0 radical (unpaired) electrons. The zero-order valence-corrected chi connectivity index (χ0v) is 23.0. The normalized spacial score (nSPS) is 18.8. The summed E-state index contributed by atoms with van der Waals surface area (Å²) in [5.74, 6) is -0.514. The number of carbonyl (C=O) groups excluding carboxylic acids is 1. The number of likely N-dealkylation sites (N-methyl/N-ethyl adjacent to an activating group) is 1. The fraction of sp³-hybridized carbons (Fsp3) is 0.345. The molecule has 3 aromatic rings. The maximum atomic E-state index is 13.7. The van der Waals surface area contributed by atoms with Gasteiger partial charge < -0.3 is 14.4 Å². The number of nitrogens with one attached hydrogen (secondary N) is 1. The molecule has 3 unspecified atom stereocenters. The second kappa shape index (κ2) is 12.1. The summed E-state index contributed by atoms with van der Waals surface area (Å²) in [7, 11) is 2.01. The monoisotopic (exact) mass is 565 g/mol. The standard InChI is InChI=1S/C29H29F2N5O3S/c1-3-38-29(37)26(35-32)16-40-27-21-5-4-10-36(2)28(21)33-14-18-7-9-20(12-22(18)27)39-15-19-8-6-17-11-23(30)24(31)13-25(17)34-19/h4-9,11-13,21,26-27,32H,3,10,14-16H2,1-2H3. The molecule has 3 heterocycles. The first kappa shape index (κ1) is 27.7. The Kier molecular flexibility index (Phi) is 8.39. The molecule has 0 aliphatic carbocycles. The van der Waals surface area contributed by atoms with Crippen LogP contribution in [-0.4, -0.2) is 53.7 Å². The molecule has 2 aliphatic heterocycles. The van der Waals surface area contributed by atoms with Crippen LogP contribution in [0.1, 0.15) is 29.0 Å². The van der Waals surface area contributed by atoms with Crippen LogP contribution >= 0.6 is 11.8 Å². The van der Waals surface area contributed by atoms with Gasteiger partial charge in [0.15, 0.2) is 17.7 Å². The number of nitrogens with zero attached hydrogens (tertiary/aromatic N) is 4. The first-order valence-corrected chi connectivity index (χ1v) is 14.0. The number of benzene rings is 2. The number of fused-ring (bicyclic) bond motifs is 3. The van der Waals surface area contributed by atoms with Gasteiger partial charge in [0.2, 0.25) is 0 Å². The highest BCUT2D eigenvalue weighted by molar-refractivity contribution is 7.99. The van der Waals surface area contributed by atoms with Crippen LogP contribution < -0.4 is 4.74 Å². The summed E-state index contributed by atoms with van der Waals surface area (Å²) in [6.45, 7) is 3.37. The first-order valence-electron chi connectivity index (χ1n) is 12.9. The summed E-state index contributed by atoms with van der Waals surface area (Å²) in [6.07, 6.45) is 4.26. The van der Waals surface area contributed by atoms with Crippen LogP contribution in [0.4, 0.5) is 8.78 Å². The maximum Gasteiger partial charge on any atom is 0.333 e. The van der Waals surface area contributed by atoms with Gasteiger partial charge in [0.05, 0.1) is 30.3 Å². The number of halogens is 2. The lowest BCUT2D eigenvalue weighted by atomic mass is 9.92. The predicted octanol–water partition coefficient (Wildman–Crippen LogP) is 5.86. The van der Waals surface area contributed by atoms with Crippen molar-refractivity contribution in [3.05, 3.63) is 83.1 Å². The van der Waals surface area contributed by atoms with Crippen molar-refractivity contribution in [3.8, 4) is 5.75 Å².